The predicted molar refractivity (Wildman–Crippen MR) is 87.8 cm³/mol. The normalized spacial score (nSPS) is 36.5. The molecule has 20 heavy (non-hydrogen) atoms. The quantitative estimate of drug-likeness (QED) is 0.818. The van der Waals surface area contributed by atoms with Gasteiger partial charge in [-0.25, -0.2) is 0 Å². The van der Waals surface area contributed by atoms with Crippen LogP contribution in [0.1, 0.15) is 78.6 Å². The summed E-state index contributed by atoms with van der Waals surface area (Å²) in [7, 11) is 0. The highest BCUT2D eigenvalue weighted by molar-refractivity contribution is 4.99. The van der Waals surface area contributed by atoms with Gasteiger partial charge < -0.3 is 5.73 Å². The predicted octanol–water partition coefficient (Wildman–Crippen LogP) is 4.18. The summed E-state index contributed by atoms with van der Waals surface area (Å²) < 4.78 is 0. The monoisotopic (exact) mass is 280 g/mol. The molecule has 118 valence electrons. The summed E-state index contributed by atoms with van der Waals surface area (Å²) in [5.74, 6) is 1.78. The molecule has 0 bridgehead atoms. The van der Waals surface area contributed by atoms with Gasteiger partial charge in [0, 0.05) is 18.1 Å². The topological polar surface area (TPSA) is 29.3 Å². The Bertz CT molecular complexity index is 277. The van der Waals surface area contributed by atoms with Crippen LogP contribution in [0.2, 0.25) is 0 Å². The average molecular weight is 281 g/mol. The molecule has 2 fully saturated rings. The third-order valence-electron chi connectivity index (χ3n) is 6.14. The van der Waals surface area contributed by atoms with Gasteiger partial charge in [0.05, 0.1) is 0 Å². The second kappa shape index (κ2) is 7.26. The summed E-state index contributed by atoms with van der Waals surface area (Å²) in [5, 5.41) is 0. The number of hydrogen-bond acceptors (Lipinski definition) is 2. The molecule has 1 aliphatic heterocycles. The smallest absolute Gasteiger partial charge is 0.0334 e. The first kappa shape index (κ1) is 16.3. The molecule has 2 N–H and O–H groups in total. The van der Waals surface area contributed by atoms with Gasteiger partial charge in [-0.05, 0) is 63.3 Å². The van der Waals surface area contributed by atoms with E-state index in [4.69, 9.17) is 5.73 Å². The van der Waals surface area contributed by atoms with Crippen LogP contribution in [0.25, 0.3) is 0 Å². The number of hydrogen-bond donors (Lipinski definition) is 1. The van der Waals surface area contributed by atoms with E-state index in [2.05, 4.69) is 25.7 Å². The Kier molecular flexibility index (Phi) is 5.92. The van der Waals surface area contributed by atoms with Crippen LogP contribution in [-0.2, 0) is 0 Å². The van der Waals surface area contributed by atoms with Gasteiger partial charge in [0.15, 0.2) is 0 Å². The van der Waals surface area contributed by atoms with Gasteiger partial charge in [0.2, 0.25) is 0 Å². The largest absolute Gasteiger partial charge is 0.329 e. The highest BCUT2D eigenvalue weighted by atomic mass is 15.2. The highest BCUT2D eigenvalue weighted by Gasteiger charge is 2.42. The number of nitrogens with two attached hydrogens (primary N) is 1. The van der Waals surface area contributed by atoms with Crippen LogP contribution in [0.3, 0.4) is 0 Å². The van der Waals surface area contributed by atoms with Crippen LogP contribution >= 0.6 is 0 Å². The Morgan fingerprint density at radius 1 is 1.15 bits per heavy atom. The first-order valence-electron chi connectivity index (χ1n) is 9.10. The standard InChI is InChI=1S/C18H36N2/c1-4-7-17-8-5-6-13-20(17)18(14-19)11-9-16(10-12-18)15(2)3/h15-17H,4-14,19H2,1-3H3. The maximum absolute atomic E-state index is 6.31. The molecule has 1 atom stereocenters. The van der Waals surface area contributed by atoms with Gasteiger partial charge in [-0.3, -0.25) is 4.90 Å². The van der Waals surface area contributed by atoms with E-state index >= 15 is 0 Å². The molecule has 1 heterocycles. The fourth-order valence-corrected chi connectivity index (χ4v) is 4.71. The fraction of sp³-hybridized carbons (Fsp3) is 1.00. The van der Waals surface area contributed by atoms with Crippen molar-refractivity contribution in [1.29, 1.82) is 0 Å². The van der Waals surface area contributed by atoms with Gasteiger partial charge >= 0.3 is 0 Å². The van der Waals surface area contributed by atoms with Crippen molar-refractivity contribution in [3.05, 3.63) is 0 Å². The number of piperidine rings is 1. The molecular weight excluding hydrogens is 244 g/mol. The van der Waals surface area contributed by atoms with E-state index in [0.717, 1.165) is 24.4 Å². The van der Waals surface area contributed by atoms with Gasteiger partial charge in [-0.15, -0.1) is 0 Å². The van der Waals surface area contributed by atoms with E-state index in [1.807, 2.05) is 0 Å². The van der Waals surface area contributed by atoms with Crippen molar-refractivity contribution in [2.75, 3.05) is 13.1 Å². The minimum atomic E-state index is 0.339. The third kappa shape index (κ3) is 3.39. The molecule has 2 heteroatoms. The molecule has 2 aliphatic rings. The Labute approximate surface area is 126 Å². The Morgan fingerprint density at radius 2 is 1.85 bits per heavy atom. The molecule has 0 amide bonds. The lowest BCUT2D eigenvalue weighted by Crippen LogP contribution is -2.60. The molecule has 0 aromatic heterocycles. The second-order valence-corrected chi connectivity index (χ2v) is 7.64. The molecule has 1 saturated heterocycles. The second-order valence-electron chi connectivity index (χ2n) is 7.64. The van der Waals surface area contributed by atoms with Crippen molar-refractivity contribution in [3.8, 4) is 0 Å². The lowest BCUT2D eigenvalue weighted by atomic mass is 9.71. The Hall–Kier alpha value is -0.0800. The summed E-state index contributed by atoms with van der Waals surface area (Å²) in [6, 6.07) is 0.813. The molecule has 0 spiro atoms. The first-order chi connectivity index (χ1) is 9.63. The molecule has 1 aliphatic carbocycles. The molecule has 1 unspecified atom stereocenters. The summed E-state index contributed by atoms with van der Waals surface area (Å²) in [6.07, 6.45) is 12.4. The van der Waals surface area contributed by atoms with E-state index < -0.39 is 0 Å². The minimum absolute atomic E-state index is 0.339. The van der Waals surface area contributed by atoms with E-state index in [1.165, 1.54) is 64.3 Å². The third-order valence-corrected chi connectivity index (χ3v) is 6.14. The SMILES string of the molecule is CCCC1CCCCN1C1(CN)CCC(C(C)C)CC1. The van der Waals surface area contributed by atoms with Crippen LogP contribution in [0.4, 0.5) is 0 Å². The van der Waals surface area contributed by atoms with Crippen molar-refractivity contribution in [2.24, 2.45) is 17.6 Å². The van der Waals surface area contributed by atoms with Crippen LogP contribution in [0.15, 0.2) is 0 Å². The van der Waals surface area contributed by atoms with Crippen molar-refractivity contribution < 1.29 is 0 Å². The molecule has 0 aromatic carbocycles. The van der Waals surface area contributed by atoms with E-state index in [1.54, 1.807) is 0 Å². The van der Waals surface area contributed by atoms with Crippen LogP contribution in [0.5, 0.6) is 0 Å². The number of nitrogens with zero attached hydrogens (tertiary/aromatic N) is 1. The van der Waals surface area contributed by atoms with Crippen LogP contribution in [-0.4, -0.2) is 29.6 Å². The van der Waals surface area contributed by atoms with Crippen molar-refractivity contribution in [3.63, 3.8) is 0 Å². The van der Waals surface area contributed by atoms with E-state index in [-0.39, 0.29) is 0 Å². The molecule has 1 saturated carbocycles. The number of likely N-dealkylation sites (tertiary alicyclic amines) is 1. The molecular formula is C18H36N2. The number of rotatable bonds is 5. The highest BCUT2D eigenvalue weighted by Crippen LogP contribution is 2.41. The zero-order valence-corrected chi connectivity index (χ0v) is 14.0. The summed E-state index contributed by atoms with van der Waals surface area (Å²) in [6.45, 7) is 9.28. The van der Waals surface area contributed by atoms with Gasteiger partial charge in [0.1, 0.15) is 0 Å². The Balaban J connectivity index is 2.06. The van der Waals surface area contributed by atoms with Crippen molar-refractivity contribution in [2.45, 2.75) is 90.1 Å². The lowest BCUT2D eigenvalue weighted by Gasteiger charge is -2.53. The first-order valence-corrected chi connectivity index (χ1v) is 9.10. The molecule has 2 rings (SSSR count). The molecule has 0 aromatic rings. The average Bonchev–Trinajstić information content (AvgIpc) is 2.48. The van der Waals surface area contributed by atoms with Crippen molar-refractivity contribution in [1.82, 2.24) is 4.90 Å². The lowest BCUT2D eigenvalue weighted by molar-refractivity contribution is -0.0189. The summed E-state index contributed by atoms with van der Waals surface area (Å²) >= 11 is 0. The maximum atomic E-state index is 6.31. The van der Waals surface area contributed by atoms with E-state index in [0.29, 0.717) is 5.54 Å². The van der Waals surface area contributed by atoms with Crippen molar-refractivity contribution >= 4 is 0 Å². The Morgan fingerprint density at radius 3 is 2.40 bits per heavy atom. The fourth-order valence-electron chi connectivity index (χ4n) is 4.71. The van der Waals surface area contributed by atoms with E-state index in [9.17, 15) is 0 Å². The van der Waals surface area contributed by atoms with Gasteiger partial charge in [-0.1, -0.05) is 33.6 Å². The maximum Gasteiger partial charge on any atom is 0.0334 e. The van der Waals surface area contributed by atoms with Gasteiger partial charge in [-0.2, -0.15) is 0 Å². The molecule has 0 radical (unpaired) electrons. The minimum Gasteiger partial charge on any atom is -0.329 e. The summed E-state index contributed by atoms with van der Waals surface area (Å²) in [5.41, 5.74) is 6.65. The zero-order chi connectivity index (χ0) is 14.6. The summed E-state index contributed by atoms with van der Waals surface area (Å²) in [4.78, 5) is 2.86. The van der Waals surface area contributed by atoms with Gasteiger partial charge in [0.25, 0.3) is 0 Å². The zero-order valence-electron chi connectivity index (χ0n) is 14.0. The molecule has 2 nitrogen and oxygen atoms in total. The van der Waals surface area contributed by atoms with Crippen LogP contribution in [0, 0.1) is 11.8 Å². The van der Waals surface area contributed by atoms with Crippen LogP contribution < -0.4 is 5.73 Å².